The van der Waals surface area contributed by atoms with E-state index >= 15 is 0 Å². The van der Waals surface area contributed by atoms with Crippen LogP contribution in [-0.4, -0.2) is 29.9 Å². The van der Waals surface area contributed by atoms with Crippen LogP contribution in [0.25, 0.3) is 0 Å². The van der Waals surface area contributed by atoms with Crippen LogP contribution in [0.3, 0.4) is 0 Å². The summed E-state index contributed by atoms with van der Waals surface area (Å²) in [5, 5.41) is 0. The monoisotopic (exact) mass is 210 g/mol. The first kappa shape index (κ1) is 10.9. The molecule has 1 aliphatic heterocycles. The summed E-state index contributed by atoms with van der Waals surface area (Å²) in [4.78, 5) is 14.3. The molecule has 2 fully saturated rings. The molecule has 1 amide bonds. The van der Waals surface area contributed by atoms with E-state index in [9.17, 15) is 4.79 Å². The van der Waals surface area contributed by atoms with Crippen LogP contribution in [0.5, 0.6) is 0 Å². The number of likely N-dealkylation sites (tertiary alicyclic amines) is 1. The molecule has 1 heterocycles. The van der Waals surface area contributed by atoms with Gasteiger partial charge < -0.3 is 10.6 Å². The minimum Gasteiger partial charge on any atom is -0.341 e. The first-order valence-electron chi connectivity index (χ1n) is 6.17. The van der Waals surface area contributed by atoms with Crippen molar-refractivity contribution >= 4 is 5.91 Å². The highest BCUT2D eigenvalue weighted by Crippen LogP contribution is 2.39. The highest BCUT2D eigenvalue weighted by Gasteiger charge is 2.39. The van der Waals surface area contributed by atoms with Crippen LogP contribution in [0.15, 0.2) is 0 Å². The van der Waals surface area contributed by atoms with Gasteiger partial charge >= 0.3 is 0 Å². The van der Waals surface area contributed by atoms with Crippen LogP contribution in [-0.2, 0) is 4.79 Å². The topological polar surface area (TPSA) is 46.3 Å². The van der Waals surface area contributed by atoms with Gasteiger partial charge in [0, 0.05) is 24.5 Å². The van der Waals surface area contributed by atoms with Gasteiger partial charge in [-0.25, -0.2) is 0 Å². The number of carbonyl (C=O) groups is 1. The first-order valence-corrected chi connectivity index (χ1v) is 6.17. The molecule has 0 unspecified atom stereocenters. The molecule has 3 nitrogen and oxygen atoms in total. The maximum absolute atomic E-state index is 12.3. The van der Waals surface area contributed by atoms with Crippen molar-refractivity contribution in [2.24, 2.45) is 11.1 Å². The second-order valence-electron chi connectivity index (χ2n) is 5.42. The number of rotatable bonds is 1. The van der Waals surface area contributed by atoms with Crippen molar-refractivity contribution < 1.29 is 4.79 Å². The van der Waals surface area contributed by atoms with Gasteiger partial charge in [0.2, 0.25) is 5.91 Å². The van der Waals surface area contributed by atoms with Crippen molar-refractivity contribution in [3.63, 3.8) is 0 Å². The molecule has 2 N–H and O–H groups in total. The van der Waals surface area contributed by atoms with Gasteiger partial charge in [0.05, 0.1) is 0 Å². The molecule has 3 heteroatoms. The highest BCUT2D eigenvalue weighted by atomic mass is 16.2. The van der Waals surface area contributed by atoms with E-state index in [0.29, 0.717) is 5.91 Å². The summed E-state index contributed by atoms with van der Waals surface area (Å²) in [6.45, 7) is 3.82. The molecule has 2 rings (SSSR count). The summed E-state index contributed by atoms with van der Waals surface area (Å²) in [5.41, 5.74) is 5.84. The Morgan fingerprint density at radius 3 is 2.60 bits per heavy atom. The molecule has 0 radical (unpaired) electrons. The number of nitrogens with two attached hydrogens (primary N) is 1. The fourth-order valence-corrected chi connectivity index (χ4v) is 2.95. The number of nitrogens with zero attached hydrogens (tertiary/aromatic N) is 1. The Morgan fingerprint density at radius 2 is 2.00 bits per heavy atom. The van der Waals surface area contributed by atoms with Crippen molar-refractivity contribution in [1.82, 2.24) is 4.90 Å². The zero-order chi connectivity index (χ0) is 10.9. The normalized spacial score (nSPS) is 30.5. The van der Waals surface area contributed by atoms with E-state index < -0.39 is 0 Å². The number of piperidine rings is 1. The van der Waals surface area contributed by atoms with Crippen LogP contribution in [0, 0.1) is 5.41 Å². The maximum Gasteiger partial charge on any atom is 0.228 e. The Morgan fingerprint density at radius 1 is 1.33 bits per heavy atom. The summed E-state index contributed by atoms with van der Waals surface area (Å²) in [5.74, 6) is 0.357. The molecule has 0 aromatic carbocycles. The van der Waals surface area contributed by atoms with Crippen LogP contribution in [0.1, 0.15) is 45.4 Å². The van der Waals surface area contributed by atoms with E-state index in [-0.39, 0.29) is 11.5 Å². The predicted octanol–water partition coefficient (Wildman–Crippen LogP) is 1.52. The lowest BCUT2D eigenvalue weighted by atomic mass is 9.86. The van der Waals surface area contributed by atoms with E-state index in [1.165, 1.54) is 12.8 Å². The van der Waals surface area contributed by atoms with E-state index in [2.05, 4.69) is 6.92 Å². The minimum atomic E-state index is -0.0724. The molecule has 1 saturated heterocycles. The number of hydrogen-bond donors (Lipinski definition) is 1. The first-order chi connectivity index (χ1) is 7.12. The summed E-state index contributed by atoms with van der Waals surface area (Å²) < 4.78 is 0. The molecule has 15 heavy (non-hydrogen) atoms. The smallest absolute Gasteiger partial charge is 0.228 e. The quantitative estimate of drug-likeness (QED) is 0.713. The molecule has 2 aliphatic rings. The SMILES string of the molecule is CC1(C(=O)N2CCC[C@@H](N)C2)CCCC1. The molecule has 1 atom stereocenters. The summed E-state index contributed by atoms with van der Waals surface area (Å²) in [7, 11) is 0. The highest BCUT2D eigenvalue weighted by molar-refractivity contribution is 5.82. The molecule has 0 aromatic rings. The molecule has 0 bridgehead atoms. The third-order valence-electron chi connectivity index (χ3n) is 3.97. The number of carbonyl (C=O) groups excluding carboxylic acids is 1. The Hall–Kier alpha value is -0.570. The zero-order valence-electron chi connectivity index (χ0n) is 9.67. The van der Waals surface area contributed by atoms with Gasteiger partial charge in [-0.2, -0.15) is 0 Å². The third-order valence-corrected chi connectivity index (χ3v) is 3.97. The molecule has 0 aromatic heterocycles. The lowest BCUT2D eigenvalue weighted by Gasteiger charge is -2.36. The average molecular weight is 210 g/mol. The van der Waals surface area contributed by atoms with Gasteiger partial charge in [-0.1, -0.05) is 19.8 Å². The van der Waals surface area contributed by atoms with Crippen LogP contribution < -0.4 is 5.73 Å². The molecular formula is C12H22N2O. The van der Waals surface area contributed by atoms with Crippen LogP contribution >= 0.6 is 0 Å². The van der Waals surface area contributed by atoms with Crippen molar-refractivity contribution in [2.75, 3.05) is 13.1 Å². The molecule has 0 spiro atoms. The van der Waals surface area contributed by atoms with E-state index in [1.54, 1.807) is 0 Å². The van der Waals surface area contributed by atoms with Gasteiger partial charge in [-0.3, -0.25) is 4.79 Å². The Kier molecular flexibility index (Phi) is 3.01. The van der Waals surface area contributed by atoms with Gasteiger partial charge in [0.25, 0.3) is 0 Å². The van der Waals surface area contributed by atoms with E-state index in [4.69, 9.17) is 5.73 Å². The second-order valence-corrected chi connectivity index (χ2v) is 5.42. The number of amides is 1. The van der Waals surface area contributed by atoms with E-state index in [0.717, 1.165) is 38.8 Å². The standard InChI is InChI=1S/C12H22N2O/c1-12(6-2-3-7-12)11(15)14-8-4-5-10(13)9-14/h10H,2-9,13H2,1H3/t10-/m1/s1. The molecule has 1 saturated carbocycles. The van der Waals surface area contributed by atoms with Gasteiger partial charge in [-0.15, -0.1) is 0 Å². The van der Waals surface area contributed by atoms with Crippen molar-refractivity contribution in [3.05, 3.63) is 0 Å². The van der Waals surface area contributed by atoms with Gasteiger partial charge in [0.1, 0.15) is 0 Å². The molecule has 86 valence electrons. The zero-order valence-corrected chi connectivity index (χ0v) is 9.67. The lowest BCUT2D eigenvalue weighted by Crippen LogP contribution is -2.50. The summed E-state index contributed by atoms with van der Waals surface area (Å²) in [6.07, 6.45) is 6.70. The predicted molar refractivity (Wildman–Crippen MR) is 60.4 cm³/mol. The Labute approximate surface area is 92.0 Å². The number of hydrogen-bond acceptors (Lipinski definition) is 2. The van der Waals surface area contributed by atoms with E-state index in [1.807, 2.05) is 4.90 Å². The van der Waals surface area contributed by atoms with Crippen LogP contribution in [0.4, 0.5) is 0 Å². The van der Waals surface area contributed by atoms with Crippen LogP contribution in [0.2, 0.25) is 0 Å². The fraction of sp³-hybridized carbons (Fsp3) is 0.917. The van der Waals surface area contributed by atoms with Crippen molar-refractivity contribution in [2.45, 2.75) is 51.5 Å². The molecular weight excluding hydrogens is 188 g/mol. The summed E-state index contributed by atoms with van der Waals surface area (Å²) >= 11 is 0. The van der Waals surface area contributed by atoms with Crippen molar-refractivity contribution in [1.29, 1.82) is 0 Å². The lowest BCUT2D eigenvalue weighted by molar-refractivity contribution is -0.142. The van der Waals surface area contributed by atoms with Gasteiger partial charge in [0.15, 0.2) is 0 Å². The minimum absolute atomic E-state index is 0.0724. The molecule has 1 aliphatic carbocycles. The Balaban J connectivity index is 2.00. The largest absolute Gasteiger partial charge is 0.341 e. The summed E-state index contributed by atoms with van der Waals surface area (Å²) in [6, 6.07) is 0.202. The average Bonchev–Trinajstić information content (AvgIpc) is 2.65. The maximum atomic E-state index is 12.3. The fourth-order valence-electron chi connectivity index (χ4n) is 2.95. The van der Waals surface area contributed by atoms with Gasteiger partial charge in [-0.05, 0) is 25.7 Å². The third kappa shape index (κ3) is 2.17. The second kappa shape index (κ2) is 4.12. The Bertz CT molecular complexity index is 246. The van der Waals surface area contributed by atoms with Crippen molar-refractivity contribution in [3.8, 4) is 0 Å².